The maximum atomic E-state index is 12.6. The van der Waals surface area contributed by atoms with Gasteiger partial charge in [0, 0.05) is 0 Å². The van der Waals surface area contributed by atoms with Gasteiger partial charge in [0.15, 0.2) is 0 Å². The van der Waals surface area contributed by atoms with Crippen LogP contribution in [0.1, 0.15) is 61.3 Å². The predicted molar refractivity (Wildman–Crippen MR) is 100 cm³/mol. The van der Waals surface area contributed by atoms with Gasteiger partial charge in [-0.3, -0.25) is 0 Å². The SMILES string of the molecule is COC(=O)[C@H](CC/C=C(\C)CO)N(C(=O)OC(C)(C)C)C(=O)OC(C)(C)C. The zero-order chi connectivity index (χ0) is 21.4. The fourth-order valence-electron chi connectivity index (χ4n) is 1.99. The van der Waals surface area contributed by atoms with Crippen molar-refractivity contribution in [2.24, 2.45) is 0 Å². The summed E-state index contributed by atoms with van der Waals surface area (Å²) in [7, 11) is 1.17. The number of imide groups is 1. The highest BCUT2D eigenvalue weighted by atomic mass is 16.6. The quantitative estimate of drug-likeness (QED) is 0.423. The van der Waals surface area contributed by atoms with Gasteiger partial charge in [-0.05, 0) is 61.3 Å². The Kier molecular flexibility index (Phi) is 9.50. The molecule has 0 aliphatic carbocycles. The number of amides is 2. The molecule has 0 aliphatic rings. The number of aliphatic hydroxyl groups excluding tert-OH is 1. The second-order valence-corrected chi connectivity index (χ2v) is 8.16. The number of carbonyl (C=O) groups is 3. The Balaban J connectivity index is 5.77. The summed E-state index contributed by atoms with van der Waals surface area (Å²) in [6.07, 6.45) is 0.180. The van der Waals surface area contributed by atoms with Crippen molar-refractivity contribution in [3.8, 4) is 0 Å². The van der Waals surface area contributed by atoms with Crippen molar-refractivity contribution in [2.75, 3.05) is 13.7 Å². The summed E-state index contributed by atoms with van der Waals surface area (Å²) < 4.78 is 15.3. The van der Waals surface area contributed by atoms with E-state index in [-0.39, 0.29) is 13.0 Å². The fraction of sp³-hybridized carbons (Fsp3) is 0.737. The summed E-state index contributed by atoms with van der Waals surface area (Å²) in [5.74, 6) is -0.762. The van der Waals surface area contributed by atoms with Gasteiger partial charge in [0.1, 0.15) is 17.2 Å². The summed E-state index contributed by atoms with van der Waals surface area (Å²) in [5.41, 5.74) is -1.03. The van der Waals surface area contributed by atoms with Crippen molar-refractivity contribution in [3.05, 3.63) is 11.6 Å². The first-order valence-corrected chi connectivity index (χ1v) is 8.81. The van der Waals surface area contributed by atoms with Crippen LogP contribution in [0, 0.1) is 0 Å². The molecule has 0 spiro atoms. The van der Waals surface area contributed by atoms with Crippen LogP contribution in [0.25, 0.3) is 0 Å². The Bertz CT molecular complexity index is 527. The van der Waals surface area contributed by atoms with Crippen molar-refractivity contribution >= 4 is 18.2 Å². The van der Waals surface area contributed by atoms with Crippen molar-refractivity contribution in [1.82, 2.24) is 4.90 Å². The van der Waals surface area contributed by atoms with Crippen LogP contribution >= 0.6 is 0 Å². The molecule has 2 amide bonds. The summed E-state index contributed by atoms with van der Waals surface area (Å²) in [6, 6.07) is -1.22. The van der Waals surface area contributed by atoms with Crippen LogP contribution < -0.4 is 0 Å². The lowest BCUT2D eigenvalue weighted by atomic mass is 10.1. The molecule has 0 aromatic rings. The number of ether oxygens (including phenoxy) is 3. The standard InChI is InChI=1S/C19H33NO7/c1-13(12-21)10-9-11-14(15(22)25-8)20(16(23)26-18(2,3)4)17(24)27-19(5,6)7/h10,14,21H,9,11-12H2,1-8H3/b13-10+/t14-/m0/s1. The molecule has 0 radical (unpaired) electrons. The summed E-state index contributed by atoms with van der Waals surface area (Å²) in [4.78, 5) is 38.2. The summed E-state index contributed by atoms with van der Waals surface area (Å²) in [6.45, 7) is 11.5. The molecule has 0 unspecified atom stereocenters. The fourth-order valence-corrected chi connectivity index (χ4v) is 1.99. The topological polar surface area (TPSA) is 102 Å². The molecule has 8 heteroatoms. The first-order valence-electron chi connectivity index (χ1n) is 8.81. The molecule has 0 saturated carbocycles. The average molecular weight is 387 g/mol. The van der Waals surface area contributed by atoms with Gasteiger partial charge in [-0.15, -0.1) is 0 Å². The number of aliphatic hydroxyl groups is 1. The monoisotopic (exact) mass is 387 g/mol. The highest BCUT2D eigenvalue weighted by molar-refractivity contribution is 5.94. The summed E-state index contributed by atoms with van der Waals surface area (Å²) >= 11 is 0. The third kappa shape index (κ3) is 9.98. The predicted octanol–water partition coefficient (Wildman–Crippen LogP) is 3.42. The molecule has 156 valence electrons. The lowest BCUT2D eigenvalue weighted by Crippen LogP contribution is -2.52. The lowest BCUT2D eigenvalue weighted by molar-refractivity contribution is -0.146. The van der Waals surface area contributed by atoms with E-state index in [1.807, 2.05) is 0 Å². The van der Waals surface area contributed by atoms with Crippen LogP contribution in [0.4, 0.5) is 9.59 Å². The lowest BCUT2D eigenvalue weighted by Gasteiger charge is -2.32. The van der Waals surface area contributed by atoms with Crippen LogP contribution in [0.5, 0.6) is 0 Å². The number of allylic oxidation sites excluding steroid dienone is 1. The van der Waals surface area contributed by atoms with E-state index in [0.717, 1.165) is 0 Å². The van der Waals surface area contributed by atoms with E-state index in [9.17, 15) is 14.4 Å². The first-order chi connectivity index (χ1) is 12.2. The van der Waals surface area contributed by atoms with E-state index in [0.29, 0.717) is 16.9 Å². The average Bonchev–Trinajstić information content (AvgIpc) is 2.49. The van der Waals surface area contributed by atoms with Gasteiger partial charge in [-0.2, -0.15) is 4.90 Å². The van der Waals surface area contributed by atoms with Crippen molar-refractivity contribution in [2.45, 2.75) is 78.6 Å². The Labute approximate surface area is 161 Å². The van der Waals surface area contributed by atoms with Crippen molar-refractivity contribution < 1.29 is 33.7 Å². The smallest absolute Gasteiger partial charge is 0.420 e. The molecule has 8 nitrogen and oxygen atoms in total. The number of nitrogens with zero attached hydrogens (tertiary/aromatic N) is 1. The molecule has 1 atom stereocenters. The van der Waals surface area contributed by atoms with Gasteiger partial charge in [0.25, 0.3) is 0 Å². The minimum atomic E-state index is -1.22. The van der Waals surface area contributed by atoms with Gasteiger partial charge in [-0.25, -0.2) is 14.4 Å². The Morgan fingerprint density at radius 2 is 1.44 bits per heavy atom. The van der Waals surface area contributed by atoms with Crippen molar-refractivity contribution in [1.29, 1.82) is 0 Å². The third-order valence-electron chi connectivity index (χ3n) is 3.15. The summed E-state index contributed by atoms with van der Waals surface area (Å²) in [5, 5.41) is 9.08. The minimum absolute atomic E-state index is 0.0997. The van der Waals surface area contributed by atoms with E-state index >= 15 is 0 Å². The number of rotatable bonds is 6. The van der Waals surface area contributed by atoms with Gasteiger partial charge in [0.2, 0.25) is 0 Å². The largest absolute Gasteiger partial charge is 0.467 e. The number of methoxy groups -OCH3 is 1. The Morgan fingerprint density at radius 1 is 1.00 bits per heavy atom. The molecule has 0 saturated heterocycles. The molecule has 0 aromatic heterocycles. The van der Waals surface area contributed by atoms with Gasteiger partial charge < -0.3 is 19.3 Å². The second-order valence-electron chi connectivity index (χ2n) is 8.16. The maximum Gasteiger partial charge on any atom is 0.420 e. The van der Waals surface area contributed by atoms with Gasteiger partial charge >= 0.3 is 18.2 Å². The van der Waals surface area contributed by atoms with E-state index in [1.54, 1.807) is 54.5 Å². The molecule has 1 N–H and O–H groups in total. The number of hydrogen-bond acceptors (Lipinski definition) is 7. The second kappa shape index (κ2) is 10.3. The van der Waals surface area contributed by atoms with E-state index < -0.39 is 35.4 Å². The molecule has 0 bridgehead atoms. The van der Waals surface area contributed by atoms with Crippen LogP contribution in [0.3, 0.4) is 0 Å². The van der Waals surface area contributed by atoms with Crippen LogP contribution in [0.2, 0.25) is 0 Å². The van der Waals surface area contributed by atoms with E-state index in [4.69, 9.17) is 19.3 Å². The van der Waals surface area contributed by atoms with Crippen LogP contribution in [-0.2, 0) is 19.0 Å². The molecule has 27 heavy (non-hydrogen) atoms. The van der Waals surface area contributed by atoms with Crippen LogP contribution in [-0.4, -0.2) is 59.1 Å². The molecule has 0 aliphatic heterocycles. The minimum Gasteiger partial charge on any atom is -0.467 e. The number of carbonyl (C=O) groups excluding carboxylic acids is 3. The Hall–Kier alpha value is -2.09. The zero-order valence-corrected chi connectivity index (χ0v) is 17.6. The van der Waals surface area contributed by atoms with Gasteiger partial charge in [0.05, 0.1) is 13.7 Å². The van der Waals surface area contributed by atoms with Gasteiger partial charge in [-0.1, -0.05) is 11.6 Å². The first kappa shape index (κ1) is 24.9. The number of esters is 1. The van der Waals surface area contributed by atoms with Crippen molar-refractivity contribution in [3.63, 3.8) is 0 Å². The molecule has 0 fully saturated rings. The third-order valence-corrected chi connectivity index (χ3v) is 3.15. The molecular weight excluding hydrogens is 354 g/mol. The van der Waals surface area contributed by atoms with E-state index in [2.05, 4.69) is 0 Å². The number of hydrogen-bond donors (Lipinski definition) is 1. The zero-order valence-electron chi connectivity index (χ0n) is 17.6. The van der Waals surface area contributed by atoms with E-state index in [1.165, 1.54) is 7.11 Å². The maximum absolute atomic E-state index is 12.6. The van der Waals surface area contributed by atoms with Crippen LogP contribution in [0.15, 0.2) is 11.6 Å². The Morgan fingerprint density at radius 3 is 1.78 bits per heavy atom. The normalized spacial score (nSPS) is 13.6. The molecule has 0 rings (SSSR count). The highest BCUT2D eigenvalue weighted by Gasteiger charge is 2.40. The molecular formula is C19H33NO7. The molecule has 0 heterocycles. The molecule has 0 aromatic carbocycles. The highest BCUT2D eigenvalue weighted by Crippen LogP contribution is 2.20.